The van der Waals surface area contributed by atoms with Gasteiger partial charge in [0.15, 0.2) is 0 Å². The van der Waals surface area contributed by atoms with Crippen LogP contribution in [0.3, 0.4) is 0 Å². The van der Waals surface area contributed by atoms with E-state index in [-0.39, 0.29) is 0 Å². The van der Waals surface area contributed by atoms with Gasteiger partial charge >= 0.3 is 0 Å². The molecule has 0 saturated heterocycles. The maximum Gasteiger partial charge on any atom is 0.137 e. The Kier molecular flexibility index (Phi) is 7.78. The molecule has 290 valence electrons. The Morgan fingerprint density at radius 3 is 1.81 bits per heavy atom. The highest BCUT2D eigenvalue weighted by atomic mass is 32.1. The first-order valence-electron chi connectivity index (χ1n) is 21.1. The van der Waals surface area contributed by atoms with Crippen molar-refractivity contribution in [3.05, 3.63) is 218 Å². The fourth-order valence-electron chi connectivity index (χ4n) is 9.68. The molecule has 3 nitrogen and oxygen atoms in total. The summed E-state index contributed by atoms with van der Waals surface area (Å²) in [5, 5.41) is 9.81. The van der Waals surface area contributed by atoms with Crippen molar-refractivity contribution in [1.82, 2.24) is 4.57 Å². The molecular formula is C58H36N2OS. The van der Waals surface area contributed by atoms with Crippen LogP contribution in [0.25, 0.3) is 103 Å². The Balaban J connectivity index is 0.944. The summed E-state index contributed by atoms with van der Waals surface area (Å²) in [4.78, 5) is 2.37. The molecule has 62 heavy (non-hydrogen) atoms. The van der Waals surface area contributed by atoms with Gasteiger partial charge in [0.2, 0.25) is 0 Å². The largest absolute Gasteiger partial charge is 0.456 e. The first-order chi connectivity index (χ1) is 30.7. The molecule has 0 aliphatic rings. The molecule has 13 rings (SSSR count). The first kappa shape index (κ1) is 34.9. The lowest BCUT2D eigenvalue weighted by Crippen LogP contribution is -2.10. The van der Waals surface area contributed by atoms with Gasteiger partial charge in [0.05, 0.1) is 22.1 Å². The van der Waals surface area contributed by atoms with E-state index in [4.69, 9.17) is 4.42 Å². The monoisotopic (exact) mass is 808 g/mol. The van der Waals surface area contributed by atoms with Crippen LogP contribution in [0.1, 0.15) is 0 Å². The molecule has 0 fully saturated rings. The Labute approximate surface area is 361 Å². The van der Waals surface area contributed by atoms with Gasteiger partial charge in [0.1, 0.15) is 11.2 Å². The van der Waals surface area contributed by atoms with Gasteiger partial charge in [0, 0.05) is 58.8 Å². The van der Waals surface area contributed by atoms with Crippen molar-refractivity contribution in [2.45, 2.75) is 0 Å². The zero-order valence-corrected chi connectivity index (χ0v) is 34.3. The van der Waals surface area contributed by atoms with E-state index in [0.29, 0.717) is 0 Å². The highest BCUT2D eigenvalue weighted by molar-refractivity contribution is 7.25. The second kappa shape index (κ2) is 13.8. The van der Waals surface area contributed by atoms with Crippen LogP contribution in [-0.2, 0) is 0 Å². The lowest BCUT2D eigenvalue weighted by molar-refractivity contribution is 0.669. The third-order valence-electron chi connectivity index (χ3n) is 12.6. The van der Waals surface area contributed by atoms with Crippen LogP contribution in [0.2, 0.25) is 0 Å². The first-order valence-corrected chi connectivity index (χ1v) is 21.9. The average Bonchev–Trinajstić information content (AvgIpc) is 4.02. The molecule has 0 atom stereocenters. The van der Waals surface area contributed by atoms with Crippen LogP contribution in [0.4, 0.5) is 17.1 Å². The molecule has 4 heteroatoms. The molecule has 10 aromatic carbocycles. The minimum atomic E-state index is 0.869. The smallest absolute Gasteiger partial charge is 0.137 e. The molecule has 0 spiro atoms. The van der Waals surface area contributed by atoms with Crippen LogP contribution in [0.5, 0.6) is 0 Å². The quantitative estimate of drug-likeness (QED) is 0.167. The summed E-state index contributed by atoms with van der Waals surface area (Å²) < 4.78 is 11.5. The van der Waals surface area contributed by atoms with Gasteiger partial charge in [0.25, 0.3) is 0 Å². The van der Waals surface area contributed by atoms with E-state index in [1.807, 2.05) is 17.4 Å². The standard InChI is InChI=1S/C58H36N2OS/c1-2-12-42(13-3-1)60-52-36-41(26-32-46(52)48-33-25-39-11-4-5-14-45(39)58(48)60)38-23-30-44(31-24-38)59(51-17-10-19-54-57(51)49-16-6-8-18-53(49)61-54)43-28-21-37(22-29-43)40-27-34-56-50(35-40)47-15-7-9-20-55(47)62-56/h1-36H. The summed E-state index contributed by atoms with van der Waals surface area (Å²) in [5.41, 5.74) is 13.3. The second-order valence-corrected chi connectivity index (χ2v) is 17.2. The minimum absolute atomic E-state index is 0.869. The molecular weight excluding hydrogens is 773 g/mol. The predicted molar refractivity (Wildman–Crippen MR) is 264 cm³/mol. The number of anilines is 3. The van der Waals surface area contributed by atoms with Crippen molar-refractivity contribution in [2.24, 2.45) is 0 Å². The fourth-order valence-corrected chi connectivity index (χ4v) is 10.8. The molecule has 0 unspecified atom stereocenters. The third kappa shape index (κ3) is 5.44. The third-order valence-corrected chi connectivity index (χ3v) is 13.7. The van der Waals surface area contributed by atoms with Gasteiger partial charge in [-0.25, -0.2) is 0 Å². The Bertz CT molecular complexity index is 3860. The maximum atomic E-state index is 6.42. The summed E-state index contributed by atoms with van der Waals surface area (Å²) >= 11 is 1.85. The van der Waals surface area contributed by atoms with Crippen molar-refractivity contribution >= 4 is 103 Å². The minimum Gasteiger partial charge on any atom is -0.456 e. The number of rotatable bonds is 6. The van der Waals surface area contributed by atoms with Crippen molar-refractivity contribution in [2.75, 3.05) is 4.90 Å². The van der Waals surface area contributed by atoms with Crippen molar-refractivity contribution in [3.8, 4) is 27.9 Å². The highest BCUT2D eigenvalue weighted by Crippen LogP contribution is 2.45. The lowest BCUT2D eigenvalue weighted by Gasteiger charge is -2.26. The average molecular weight is 809 g/mol. The highest BCUT2D eigenvalue weighted by Gasteiger charge is 2.21. The maximum absolute atomic E-state index is 6.42. The topological polar surface area (TPSA) is 21.3 Å². The van der Waals surface area contributed by atoms with E-state index < -0.39 is 0 Å². The number of thiophene rings is 1. The van der Waals surface area contributed by atoms with Gasteiger partial charge in [-0.05, 0) is 107 Å². The van der Waals surface area contributed by atoms with Gasteiger partial charge in [-0.2, -0.15) is 0 Å². The molecule has 0 amide bonds. The Morgan fingerprint density at radius 1 is 0.387 bits per heavy atom. The van der Waals surface area contributed by atoms with E-state index in [0.717, 1.165) is 50.3 Å². The van der Waals surface area contributed by atoms with Crippen LogP contribution in [0, 0.1) is 0 Å². The summed E-state index contributed by atoms with van der Waals surface area (Å²) in [6, 6.07) is 79.2. The van der Waals surface area contributed by atoms with Crippen LogP contribution >= 0.6 is 11.3 Å². The summed E-state index contributed by atoms with van der Waals surface area (Å²) in [6.07, 6.45) is 0. The van der Waals surface area contributed by atoms with Gasteiger partial charge < -0.3 is 13.9 Å². The SMILES string of the molecule is c1ccc(-n2c3cc(-c4ccc(N(c5ccc(-c6ccc7sc8ccccc8c7c6)cc5)c5cccc6oc7ccccc7c56)cc4)ccc3c3ccc4ccccc4c32)cc1. The zero-order chi connectivity index (χ0) is 40.7. The summed E-state index contributed by atoms with van der Waals surface area (Å²) in [6.45, 7) is 0. The molecule has 0 saturated carbocycles. The molecule has 0 aliphatic heterocycles. The van der Waals surface area contributed by atoms with Crippen LogP contribution in [0.15, 0.2) is 223 Å². The van der Waals surface area contributed by atoms with E-state index >= 15 is 0 Å². The number of aromatic nitrogens is 1. The van der Waals surface area contributed by atoms with Crippen LogP contribution < -0.4 is 4.90 Å². The molecule has 0 N–H and O–H groups in total. The second-order valence-electron chi connectivity index (χ2n) is 16.1. The predicted octanol–water partition coefficient (Wildman–Crippen LogP) is 17.0. The van der Waals surface area contributed by atoms with Crippen LogP contribution in [-0.4, -0.2) is 4.57 Å². The molecule has 3 aromatic heterocycles. The number of nitrogens with zero attached hydrogens (tertiary/aromatic N) is 2. The zero-order valence-electron chi connectivity index (χ0n) is 33.5. The molecule has 0 aliphatic carbocycles. The van der Waals surface area contributed by atoms with Gasteiger partial charge in [-0.15, -0.1) is 11.3 Å². The van der Waals surface area contributed by atoms with Crippen molar-refractivity contribution in [1.29, 1.82) is 0 Å². The number of para-hydroxylation sites is 2. The number of fused-ring (bicyclic) bond motifs is 11. The fraction of sp³-hybridized carbons (Fsp3) is 0. The summed E-state index contributed by atoms with van der Waals surface area (Å²) in [5.74, 6) is 0. The molecule has 13 aromatic rings. The van der Waals surface area contributed by atoms with Crippen molar-refractivity contribution < 1.29 is 4.42 Å². The van der Waals surface area contributed by atoms with Crippen molar-refractivity contribution in [3.63, 3.8) is 0 Å². The van der Waals surface area contributed by atoms with Gasteiger partial charge in [-0.3, -0.25) is 0 Å². The molecule has 0 radical (unpaired) electrons. The normalized spacial score (nSPS) is 11.9. The number of benzene rings is 10. The number of hydrogen-bond acceptors (Lipinski definition) is 3. The molecule has 0 bridgehead atoms. The Hall–Kier alpha value is -7.92. The number of furan rings is 1. The van der Waals surface area contributed by atoms with E-state index in [9.17, 15) is 0 Å². The number of hydrogen-bond donors (Lipinski definition) is 0. The van der Waals surface area contributed by atoms with E-state index in [1.54, 1.807) is 0 Å². The van der Waals surface area contributed by atoms with E-state index in [1.165, 1.54) is 69.4 Å². The lowest BCUT2D eigenvalue weighted by atomic mass is 10.0. The summed E-state index contributed by atoms with van der Waals surface area (Å²) in [7, 11) is 0. The van der Waals surface area contributed by atoms with Gasteiger partial charge in [-0.1, -0.05) is 140 Å². The Morgan fingerprint density at radius 2 is 1.00 bits per heavy atom. The molecule has 3 heterocycles. The van der Waals surface area contributed by atoms with E-state index in [2.05, 4.69) is 222 Å².